The van der Waals surface area contributed by atoms with Gasteiger partial charge in [0.25, 0.3) is 0 Å². The van der Waals surface area contributed by atoms with Gasteiger partial charge in [0, 0.05) is 43.8 Å². The molecule has 1 fully saturated rings. The molecule has 1 N–H and O–H groups in total. The SMILES string of the molecule is C[C@H](CNC(=O)N1CCSCC[C@H]1C)Cn1cccn1. The minimum absolute atomic E-state index is 0.0762. The second-order valence-electron chi connectivity index (χ2n) is 5.46. The zero-order chi connectivity index (χ0) is 14.4. The highest BCUT2D eigenvalue weighted by atomic mass is 32.2. The predicted molar refractivity (Wildman–Crippen MR) is 82.9 cm³/mol. The van der Waals surface area contributed by atoms with Gasteiger partial charge in [-0.1, -0.05) is 6.92 Å². The predicted octanol–water partition coefficient (Wildman–Crippen LogP) is 2.06. The molecule has 1 aliphatic heterocycles. The monoisotopic (exact) mass is 296 g/mol. The fraction of sp³-hybridized carbons (Fsp3) is 0.714. The molecular formula is C14H24N4OS. The third-order valence-corrected chi connectivity index (χ3v) is 4.60. The Kier molecular flexibility index (Phi) is 5.76. The normalized spacial score (nSPS) is 21.3. The number of nitrogens with zero attached hydrogens (tertiary/aromatic N) is 3. The maximum atomic E-state index is 12.3. The third-order valence-electron chi connectivity index (χ3n) is 3.61. The van der Waals surface area contributed by atoms with Crippen LogP contribution >= 0.6 is 11.8 Å². The standard InChI is InChI=1S/C14H24N4OS/c1-12(11-17-6-3-5-16-17)10-15-14(19)18-7-9-20-8-4-13(18)2/h3,5-6,12-13H,4,7-11H2,1-2H3,(H,15,19)/t12-,13-/m1/s1. The molecule has 6 heteroatoms. The summed E-state index contributed by atoms with van der Waals surface area (Å²) in [6.45, 7) is 6.64. The van der Waals surface area contributed by atoms with Gasteiger partial charge in [0.1, 0.15) is 0 Å². The molecule has 0 aromatic carbocycles. The van der Waals surface area contributed by atoms with E-state index >= 15 is 0 Å². The van der Waals surface area contributed by atoms with E-state index in [1.54, 1.807) is 6.20 Å². The van der Waals surface area contributed by atoms with Crippen molar-refractivity contribution in [2.75, 3.05) is 24.6 Å². The summed E-state index contributed by atoms with van der Waals surface area (Å²) in [6.07, 6.45) is 4.81. The molecule has 2 atom stereocenters. The summed E-state index contributed by atoms with van der Waals surface area (Å²) in [4.78, 5) is 14.2. The topological polar surface area (TPSA) is 50.2 Å². The van der Waals surface area contributed by atoms with Crippen LogP contribution in [-0.4, -0.2) is 51.3 Å². The molecule has 0 aliphatic carbocycles. The third kappa shape index (κ3) is 4.44. The van der Waals surface area contributed by atoms with Gasteiger partial charge < -0.3 is 10.2 Å². The Labute approximate surface area is 125 Å². The van der Waals surface area contributed by atoms with Crippen LogP contribution < -0.4 is 5.32 Å². The van der Waals surface area contributed by atoms with Crippen LogP contribution in [0, 0.1) is 5.92 Å². The Morgan fingerprint density at radius 2 is 2.40 bits per heavy atom. The lowest BCUT2D eigenvalue weighted by Crippen LogP contribution is -2.46. The second-order valence-corrected chi connectivity index (χ2v) is 6.69. The molecule has 20 heavy (non-hydrogen) atoms. The average Bonchev–Trinajstić information content (AvgIpc) is 2.83. The Hall–Kier alpha value is -1.17. The van der Waals surface area contributed by atoms with Crippen molar-refractivity contribution in [2.24, 2.45) is 5.92 Å². The molecule has 2 amide bonds. The first-order valence-electron chi connectivity index (χ1n) is 7.26. The van der Waals surface area contributed by atoms with Crippen molar-refractivity contribution in [1.29, 1.82) is 0 Å². The first-order valence-corrected chi connectivity index (χ1v) is 8.42. The van der Waals surface area contributed by atoms with Gasteiger partial charge in [-0.3, -0.25) is 4.68 Å². The van der Waals surface area contributed by atoms with E-state index in [9.17, 15) is 4.79 Å². The lowest BCUT2D eigenvalue weighted by Gasteiger charge is -2.27. The summed E-state index contributed by atoms with van der Waals surface area (Å²) in [5.41, 5.74) is 0. The highest BCUT2D eigenvalue weighted by Crippen LogP contribution is 2.15. The van der Waals surface area contributed by atoms with E-state index in [-0.39, 0.29) is 6.03 Å². The van der Waals surface area contributed by atoms with E-state index in [4.69, 9.17) is 0 Å². The Morgan fingerprint density at radius 3 is 3.15 bits per heavy atom. The Balaban J connectivity index is 1.76. The molecule has 0 bridgehead atoms. The summed E-state index contributed by atoms with van der Waals surface area (Å²) < 4.78 is 1.90. The molecule has 2 heterocycles. The van der Waals surface area contributed by atoms with Crippen LogP contribution in [0.2, 0.25) is 0 Å². The fourth-order valence-corrected chi connectivity index (χ4v) is 3.39. The van der Waals surface area contributed by atoms with Gasteiger partial charge in [-0.2, -0.15) is 16.9 Å². The minimum Gasteiger partial charge on any atom is -0.338 e. The van der Waals surface area contributed by atoms with Crippen LogP contribution in [0.4, 0.5) is 4.79 Å². The molecule has 0 spiro atoms. The number of nitrogens with one attached hydrogen (secondary N) is 1. The lowest BCUT2D eigenvalue weighted by atomic mass is 10.2. The zero-order valence-corrected chi connectivity index (χ0v) is 13.1. The van der Waals surface area contributed by atoms with Crippen molar-refractivity contribution in [3.05, 3.63) is 18.5 Å². The maximum absolute atomic E-state index is 12.3. The van der Waals surface area contributed by atoms with Crippen molar-refractivity contribution in [3.63, 3.8) is 0 Å². The molecule has 2 rings (SSSR count). The molecule has 1 aromatic heterocycles. The van der Waals surface area contributed by atoms with Gasteiger partial charge in [0.15, 0.2) is 0 Å². The molecule has 1 aliphatic rings. The van der Waals surface area contributed by atoms with Crippen LogP contribution in [0.15, 0.2) is 18.5 Å². The molecule has 0 radical (unpaired) electrons. The van der Waals surface area contributed by atoms with Crippen LogP contribution in [0.5, 0.6) is 0 Å². The maximum Gasteiger partial charge on any atom is 0.317 e. The van der Waals surface area contributed by atoms with Crippen LogP contribution in [0.25, 0.3) is 0 Å². The highest BCUT2D eigenvalue weighted by Gasteiger charge is 2.22. The number of carbonyl (C=O) groups is 1. The summed E-state index contributed by atoms with van der Waals surface area (Å²) in [5.74, 6) is 2.57. The largest absolute Gasteiger partial charge is 0.338 e. The van der Waals surface area contributed by atoms with Crippen molar-refractivity contribution < 1.29 is 4.79 Å². The number of hydrogen-bond donors (Lipinski definition) is 1. The fourth-order valence-electron chi connectivity index (χ4n) is 2.35. The van der Waals surface area contributed by atoms with Crippen LogP contribution in [0.3, 0.4) is 0 Å². The van der Waals surface area contributed by atoms with E-state index in [1.165, 1.54) is 0 Å². The van der Waals surface area contributed by atoms with Crippen molar-refractivity contribution in [2.45, 2.75) is 32.9 Å². The van der Waals surface area contributed by atoms with E-state index in [1.807, 2.05) is 33.6 Å². The molecule has 1 saturated heterocycles. The first kappa shape index (κ1) is 15.2. The van der Waals surface area contributed by atoms with Gasteiger partial charge >= 0.3 is 6.03 Å². The molecule has 0 unspecified atom stereocenters. The minimum atomic E-state index is 0.0762. The van der Waals surface area contributed by atoms with Gasteiger partial charge in [-0.15, -0.1) is 0 Å². The number of thioether (sulfide) groups is 1. The van der Waals surface area contributed by atoms with Crippen LogP contribution in [-0.2, 0) is 6.54 Å². The molecule has 5 nitrogen and oxygen atoms in total. The van der Waals surface area contributed by atoms with Gasteiger partial charge in [0.2, 0.25) is 0 Å². The first-order chi connectivity index (χ1) is 9.66. The highest BCUT2D eigenvalue weighted by molar-refractivity contribution is 7.99. The van der Waals surface area contributed by atoms with E-state index in [2.05, 4.69) is 24.3 Å². The number of carbonyl (C=O) groups excluding carboxylic acids is 1. The van der Waals surface area contributed by atoms with Gasteiger partial charge in [-0.05, 0) is 31.1 Å². The number of aromatic nitrogens is 2. The second kappa shape index (κ2) is 7.57. The smallest absolute Gasteiger partial charge is 0.317 e. The van der Waals surface area contributed by atoms with E-state index < -0.39 is 0 Å². The molecule has 112 valence electrons. The van der Waals surface area contributed by atoms with Gasteiger partial charge in [-0.25, -0.2) is 4.79 Å². The van der Waals surface area contributed by atoms with Crippen molar-refractivity contribution >= 4 is 17.8 Å². The number of amides is 2. The van der Waals surface area contributed by atoms with Crippen LogP contribution in [0.1, 0.15) is 20.3 Å². The number of hydrogen-bond acceptors (Lipinski definition) is 3. The molecular weight excluding hydrogens is 272 g/mol. The number of urea groups is 1. The summed E-state index contributed by atoms with van der Waals surface area (Å²) in [5, 5.41) is 7.25. The average molecular weight is 296 g/mol. The van der Waals surface area contributed by atoms with E-state index in [0.29, 0.717) is 18.5 Å². The lowest BCUT2D eigenvalue weighted by molar-refractivity contribution is 0.181. The molecule has 1 aromatic rings. The van der Waals surface area contributed by atoms with E-state index in [0.717, 1.165) is 31.0 Å². The summed E-state index contributed by atoms with van der Waals surface area (Å²) >= 11 is 1.93. The van der Waals surface area contributed by atoms with Gasteiger partial charge in [0.05, 0.1) is 0 Å². The van der Waals surface area contributed by atoms with Crippen molar-refractivity contribution in [1.82, 2.24) is 20.0 Å². The Bertz CT molecular complexity index is 409. The quantitative estimate of drug-likeness (QED) is 0.925. The summed E-state index contributed by atoms with van der Waals surface area (Å²) in [7, 11) is 0. The zero-order valence-electron chi connectivity index (χ0n) is 12.3. The number of rotatable bonds is 4. The Morgan fingerprint density at radius 1 is 1.55 bits per heavy atom. The van der Waals surface area contributed by atoms with Crippen molar-refractivity contribution in [3.8, 4) is 0 Å². The molecule has 0 saturated carbocycles. The summed E-state index contributed by atoms with van der Waals surface area (Å²) in [6, 6.07) is 2.33.